The minimum absolute atomic E-state index is 0.161. The van der Waals surface area contributed by atoms with Gasteiger partial charge in [-0.25, -0.2) is 13.9 Å². The van der Waals surface area contributed by atoms with E-state index in [0.29, 0.717) is 37.0 Å². The molecule has 148 valence electrons. The van der Waals surface area contributed by atoms with E-state index in [1.165, 1.54) is 30.0 Å². The number of amides is 2. The Kier molecular flexibility index (Phi) is 4.16. The molecule has 3 fully saturated rings. The number of morpholine rings is 1. The van der Waals surface area contributed by atoms with Gasteiger partial charge in [0.1, 0.15) is 5.69 Å². The third-order valence-corrected chi connectivity index (χ3v) is 6.57. The van der Waals surface area contributed by atoms with Crippen LogP contribution in [0.1, 0.15) is 31.2 Å². The molecule has 3 atom stereocenters. The molecule has 1 saturated heterocycles. The Morgan fingerprint density at radius 3 is 2.96 bits per heavy atom. The number of rotatable bonds is 2. The van der Waals surface area contributed by atoms with Gasteiger partial charge in [0.2, 0.25) is 0 Å². The van der Waals surface area contributed by atoms with Gasteiger partial charge in [0.25, 0.3) is 0 Å². The highest BCUT2D eigenvalue weighted by Crippen LogP contribution is 2.53. The van der Waals surface area contributed by atoms with Gasteiger partial charge in [-0.1, -0.05) is 0 Å². The number of ether oxygens (including phenoxy) is 1. The molecule has 2 saturated carbocycles. The summed E-state index contributed by atoms with van der Waals surface area (Å²) in [6.07, 6.45) is 8.24. The first kappa shape index (κ1) is 17.7. The minimum Gasteiger partial charge on any atom is -0.371 e. The van der Waals surface area contributed by atoms with Crippen LogP contribution in [0.5, 0.6) is 0 Å². The number of nitrogens with one attached hydrogen (secondary N) is 1. The maximum Gasteiger partial charge on any atom is 0.322 e. The molecule has 1 spiro atoms. The first-order chi connectivity index (χ1) is 13.5. The number of urea groups is 1. The van der Waals surface area contributed by atoms with E-state index in [9.17, 15) is 9.18 Å². The normalized spacial score (nSPS) is 28.9. The molecule has 1 aliphatic heterocycles. The quantitative estimate of drug-likeness (QED) is 0.858. The van der Waals surface area contributed by atoms with Crippen molar-refractivity contribution in [1.82, 2.24) is 14.7 Å². The molecule has 1 aromatic heterocycles. The van der Waals surface area contributed by atoms with E-state index in [2.05, 4.69) is 10.4 Å². The summed E-state index contributed by atoms with van der Waals surface area (Å²) in [5.41, 5.74) is 1.60. The molecule has 2 aliphatic carbocycles. The summed E-state index contributed by atoms with van der Waals surface area (Å²) < 4.78 is 22.2. The molecule has 5 rings (SSSR count). The molecule has 2 aromatic rings. The topological polar surface area (TPSA) is 59.4 Å². The number of benzene rings is 1. The van der Waals surface area contributed by atoms with Crippen LogP contribution in [0.15, 0.2) is 30.6 Å². The first-order valence-electron chi connectivity index (χ1n) is 10.0. The molecular weight excluding hydrogens is 359 g/mol. The van der Waals surface area contributed by atoms with Crippen LogP contribution in [0.3, 0.4) is 0 Å². The van der Waals surface area contributed by atoms with E-state index in [1.807, 2.05) is 11.8 Å². The van der Waals surface area contributed by atoms with E-state index in [4.69, 9.17) is 4.74 Å². The number of anilines is 1. The van der Waals surface area contributed by atoms with Crippen molar-refractivity contribution in [1.29, 1.82) is 0 Å². The second-order valence-electron chi connectivity index (χ2n) is 8.47. The molecular formula is C21H25FN4O2. The van der Waals surface area contributed by atoms with Crippen LogP contribution in [-0.2, 0) is 4.74 Å². The molecule has 28 heavy (non-hydrogen) atoms. The SMILES string of the molecule is Cc1cnn(-c2ccc(NC(=O)N3CCO[C@]4(C[C@H]5CC[C@H]4C5)C3)cc2F)c1. The van der Waals surface area contributed by atoms with Crippen molar-refractivity contribution in [2.45, 2.75) is 38.2 Å². The van der Waals surface area contributed by atoms with Gasteiger partial charge in [0, 0.05) is 18.4 Å². The van der Waals surface area contributed by atoms with Gasteiger partial charge in [-0.3, -0.25) is 0 Å². The second kappa shape index (κ2) is 6.58. The molecule has 2 amide bonds. The highest BCUT2D eigenvalue weighted by molar-refractivity contribution is 5.89. The summed E-state index contributed by atoms with van der Waals surface area (Å²) in [6, 6.07) is 4.50. The van der Waals surface area contributed by atoms with Gasteiger partial charge in [0.15, 0.2) is 5.82 Å². The van der Waals surface area contributed by atoms with Gasteiger partial charge in [-0.05, 0) is 68.2 Å². The number of hydrogen-bond donors (Lipinski definition) is 1. The van der Waals surface area contributed by atoms with Crippen molar-refractivity contribution in [2.75, 3.05) is 25.0 Å². The van der Waals surface area contributed by atoms with Crippen LogP contribution in [0.2, 0.25) is 0 Å². The van der Waals surface area contributed by atoms with Gasteiger partial charge >= 0.3 is 6.03 Å². The Hall–Kier alpha value is -2.41. The largest absolute Gasteiger partial charge is 0.371 e. The fraction of sp³-hybridized carbons (Fsp3) is 0.524. The van der Waals surface area contributed by atoms with Crippen molar-refractivity contribution in [3.63, 3.8) is 0 Å². The van der Waals surface area contributed by atoms with E-state index >= 15 is 0 Å². The summed E-state index contributed by atoms with van der Waals surface area (Å²) in [7, 11) is 0. The number of carbonyl (C=O) groups is 1. The van der Waals surface area contributed by atoms with Gasteiger partial charge < -0.3 is 15.0 Å². The molecule has 1 N–H and O–H groups in total. The van der Waals surface area contributed by atoms with Crippen LogP contribution in [0, 0.1) is 24.6 Å². The summed E-state index contributed by atoms with van der Waals surface area (Å²) in [4.78, 5) is 14.6. The van der Waals surface area contributed by atoms with Crippen molar-refractivity contribution < 1.29 is 13.9 Å². The molecule has 0 radical (unpaired) electrons. The lowest BCUT2D eigenvalue weighted by molar-refractivity contribution is -0.126. The fourth-order valence-corrected chi connectivity index (χ4v) is 5.26. The molecule has 2 heterocycles. The monoisotopic (exact) mass is 384 g/mol. The number of aryl methyl sites for hydroxylation is 1. The molecule has 0 unspecified atom stereocenters. The average molecular weight is 384 g/mol. The molecule has 2 bridgehead atoms. The van der Waals surface area contributed by atoms with Gasteiger partial charge in [-0.15, -0.1) is 0 Å². The minimum atomic E-state index is -0.424. The zero-order chi connectivity index (χ0) is 19.3. The summed E-state index contributed by atoms with van der Waals surface area (Å²) in [5.74, 6) is 0.899. The third kappa shape index (κ3) is 2.98. The van der Waals surface area contributed by atoms with Crippen LogP contribution >= 0.6 is 0 Å². The molecule has 3 aliphatic rings. The van der Waals surface area contributed by atoms with E-state index in [0.717, 1.165) is 17.9 Å². The van der Waals surface area contributed by atoms with Gasteiger partial charge in [-0.2, -0.15) is 5.10 Å². The van der Waals surface area contributed by atoms with Crippen LogP contribution in [0.25, 0.3) is 5.69 Å². The number of hydrogen-bond acceptors (Lipinski definition) is 3. The lowest BCUT2D eigenvalue weighted by Crippen LogP contribution is -2.57. The number of carbonyl (C=O) groups excluding carboxylic acids is 1. The standard InChI is InChI=1S/C21H25FN4O2/c1-14-11-23-26(12-14)19-5-4-17(9-18(19)22)24-20(27)25-6-7-28-21(13-25)10-15-2-3-16(21)8-15/h4-5,9,11-12,15-16H,2-3,6-8,10,13H2,1H3,(H,24,27)/t15-,16-,21+/m0/s1. The van der Waals surface area contributed by atoms with Crippen molar-refractivity contribution in [3.05, 3.63) is 42.0 Å². The number of aromatic nitrogens is 2. The highest BCUT2D eigenvalue weighted by Gasteiger charge is 2.54. The maximum atomic E-state index is 14.5. The van der Waals surface area contributed by atoms with Gasteiger partial charge in [0.05, 0.1) is 24.9 Å². The number of halogens is 1. The lowest BCUT2D eigenvalue weighted by Gasteiger charge is -2.45. The molecule has 6 nitrogen and oxygen atoms in total. The predicted octanol–water partition coefficient (Wildman–Crippen LogP) is 3.74. The summed E-state index contributed by atoms with van der Waals surface area (Å²) >= 11 is 0. The maximum absolute atomic E-state index is 14.5. The molecule has 1 aromatic carbocycles. The highest BCUT2D eigenvalue weighted by atomic mass is 19.1. The Balaban J connectivity index is 1.28. The predicted molar refractivity (Wildman–Crippen MR) is 103 cm³/mol. The first-order valence-corrected chi connectivity index (χ1v) is 10.0. The Labute approximate surface area is 163 Å². The lowest BCUT2D eigenvalue weighted by atomic mass is 9.83. The van der Waals surface area contributed by atoms with Crippen LogP contribution in [-0.4, -0.2) is 46.0 Å². The van der Waals surface area contributed by atoms with Crippen molar-refractivity contribution >= 4 is 11.7 Å². The van der Waals surface area contributed by atoms with Crippen LogP contribution in [0.4, 0.5) is 14.9 Å². The zero-order valence-corrected chi connectivity index (χ0v) is 16.0. The summed E-state index contributed by atoms with van der Waals surface area (Å²) in [5, 5.41) is 6.99. The van der Waals surface area contributed by atoms with Crippen molar-refractivity contribution in [3.8, 4) is 5.69 Å². The number of nitrogens with zero attached hydrogens (tertiary/aromatic N) is 3. The summed E-state index contributed by atoms with van der Waals surface area (Å²) in [6.45, 7) is 3.68. The average Bonchev–Trinajstić information content (AvgIpc) is 3.38. The Morgan fingerprint density at radius 2 is 2.29 bits per heavy atom. The van der Waals surface area contributed by atoms with E-state index in [1.54, 1.807) is 24.5 Å². The van der Waals surface area contributed by atoms with E-state index < -0.39 is 5.82 Å². The van der Waals surface area contributed by atoms with Crippen LogP contribution < -0.4 is 5.32 Å². The second-order valence-corrected chi connectivity index (χ2v) is 8.47. The Morgan fingerprint density at radius 1 is 1.39 bits per heavy atom. The zero-order valence-electron chi connectivity index (χ0n) is 16.0. The smallest absolute Gasteiger partial charge is 0.322 e. The molecule has 7 heteroatoms. The Bertz CT molecular complexity index is 914. The van der Waals surface area contributed by atoms with Crippen molar-refractivity contribution in [2.24, 2.45) is 11.8 Å². The third-order valence-electron chi connectivity index (χ3n) is 6.57. The van der Waals surface area contributed by atoms with E-state index in [-0.39, 0.29) is 11.6 Å². The number of fused-ring (bicyclic) bond motifs is 3. The fourth-order valence-electron chi connectivity index (χ4n) is 5.26.